The van der Waals surface area contributed by atoms with Crippen LogP contribution in [0.15, 0.2) is 28.2 Å². The normalized spacial score (nSPS) is 14.8. The van der Waals surface area contributed by atoms with Gasteiger partial charge in [-0.15, -0.1) is 0 Å². The number of hydrogen-bond donors (Lipinski definition) is 2. The summed E-state index contributed by atoms with van der Waals surface area (Å²) >= 11 is 3.30. The molecule has 0 bridgehead atoms. The molecule has 0 radical (unpaired) electrons. The Bertz CT molecular complexity index is 588. The first kappa shape index (κ1) is 13.3. The van der Waals surface area contributed by atoms with Crippen LogP contribution in [0.25, 0.3) is 6.08 Å². The third-order valence-corrected chi connectivity index (χ3v) is 3.05. The Balaban J connectivity index is 2.35. The van der Waals surface area contributed by atoms with E-state index in [-0.39, 0.29) is 5.57 Å². The second-order valence-corrected chi connectivity index (χ2v) is 4.54. The first-order valence-corrected chi connectivity index (χ1v) is 6.02. The average molecular weight is 325 g/mol. The maximum atomic E-state index is 11.5. The number of barbiturate groups is 1. The summed E-state index contributed by atoms with van der Waals surface area (Å²) < 4.78 is 5.77. The Hall–Kier alpha value is -2.15. The molecule has 1 saturated heterocycles. The molecular weight excluding hydrogens is 316 g/mol. The Morgan fingerprint density at radius 2 is 1.79 bits per heavy atom. The van der Waals surface area contributed by atoms with Crippen LogP contribution >= 0.6 is 15.9 Å². The van der Waals surface area contributed by atoms with Gasteiger partial charge in [0.25, 0.3) is 11.8 Å². The number of amides is 4. The Labute approximate surface area is 116 Å². The molecule has 0 spiro atoms. The predicted octanol–water partition coefficient (Wildman–Crippen LogP) is 1.21. The Kier molecular flexibility index (Phi) is 3.66. The molecule has 0 aromatic heterocycles. The molecule has 0 unspecified atom stereocenters. The molecule has 0 atom stereocenters. The van der Waals surface area contributed by atoms with Gasteiger partial charge in [-0.2, -0.15) is 0 Å². The first-order chi connectivity index (χ1) is 9.01. The van der Waals surface area contributed by atoms with Gasteiger partial charge in [-0.1, -0.05) is 6.07 Å². The lowest BCUT2D eigenvalue weighted by Gasteiger charge is -2.14. The highest BCUT2D eigenvalue weighted by Gasteiger charge is 2.27. The SMILES string of the molecule is COc1ccc(C=C2C(=O)NC(=O)NC2=O)cc1Br. The zero-order valence-electron chi connectivity index (χ0n) is 9.82. The lowest BCUT2D eigenvalue weighted by atomic mass is 10.1. The highest BCUT2D eigenvalue weighted by molar-refractivity contribution is 9.10. The fraction of sp³-hybridized carbons (Fsp3) is 0.0833. The van der Waals surface area contributed by atoms with Gasteiger partial charge in [0.2, 0.25) is 0 Å². The molecule has 4 amide bonds. The third-order valence-electron chi connectivity index (χ3n) is 2.43. The summed E-state index contributed by atoms with van der Waals surface area (Å²) in [7, 11) is 1.53. The van der Waals surface area contributed by atoms with Gasteiger partial charge in [-0.25, -0.2) is 4.79 Å². The van der Waals surface area contributed by atoms with Crippen LogP contribution < -0.4 is 15.4 Å². The summed E-state index contributed by atoms with van der Waals surface area (Å²) in [5.74, 6) is -0.809. The van der Waals surface area contributed by atoms with Crippen molar-refractivity contribution in [2.45, 2.75) is 0 Å². The summed E-state index contributed by atoms with van der Waals surface area (Å²) in [6, 6.07) is 4.26. The van der Waals surface area contributed by atoms with Crippen LogP contribution in [0.5, 0.6) is 5.75 Å². The summed E-state index contributed by atoms with van der Waals surface area (Å²) in [4.78, 5) is 34.0. The lowest BCUT2D eigenvalue weighted by molar-refractivity contribution is -0.123. The zero-order valence-corrected chi connectivity index (χ0v) is 11.4. The molecule has 2 N–H and O–H groups in total. The molecule has 7 heteroatoms. The number of imide groups is 2. The van der Waals surface area contributed by atoms with E-state index in [1.54, 1.807) is 18.2 Å². The third kappa shape index (κ3) is 2.82. The summed E-state index contributed by atoms with van der Waals surface area (Å²) in [6.45, 7) is 0. The maximum absolute atomic E-state index is 11.5. The summed E-state index contributed by atoms with van der Waals surface area (Å²) in [5, 5.41) is 4.01. The summed E-state index contributed by atoms with van der Waals surface area (Å²) in [5.41, 5.74) is 0.499. The van der Waals surface area contributed by atoms with Crippen molar-refractivity contribution >= 4 is 39.9 Å². The Morgan fingerprint density at radius 1 is 1.16 bits per heavy atom. The average Bonchev–Trinajstić information content (AvgIpc) is 2.34. The van der Waals surface area contributed by atoms with Gasteiger partial charge in [0.15, 0.2) is 0 Å². The molecule has 6 nitrogen and oxygen atoms in total. The number of benzene rings is 1. The molecule has 1 heterocycles. The maximum Gasteiger partial charge on any atom is 0.328 e. The molecule has 1 aliphatic rings. The molecule has 1 aromatic carbocycles. The molecule has 19 heavy (non-hydrogen) atoms. The van der Waals surface area contributed by atoms with Crippen LogP contribution in [0, 0.1) is 0 Å². The van der Waals surface area contributed by atoms with Crippen molar-refractivity contribution in [1.82, 2.24) is 10.6 Å². The van der Waals surface area contributed by atoms with Gasteiger partial charge in [-0.05, 0) is 39.7 Å². The quantitative estimate of drug-likeness (QED) is 0.632. The number of rotatable bonds is 2. The smallest absolute Gasteiger partial charge is 0.328 e. The van der Waals surface area contributed by atoms with Crippen molar-refractivity contribution in [3.63, 3.8) is 0 Å². The van der Waals surface area contributed by atoms with Gasteiger partial charge in [-0.3, -0.25) is 20.2 Å². The minimum atomic E-state index is -0.817. The van der Waals surface area contributed by atoms with Crippen molar-refractivity contribution in [1.29, 1.82) is 0 Å². The fourth-order valence-corrected chi connectivity index (χ4v) is 2.10. The minimum Gasteiger partial charge on any atom is -0.496 e. The molecule has 0 saturated carbocycles. The molecule has 2 rings (SSSR count). The van der Waals surface area contributed by atoms with Gasteiger partial charge in [0.1, 0.15) is 11.3 Å². The highest BCUT2D eigenvalue weighted by atomic mass is 79.9. The van der Waals surface area contributed by atoms with E-state index in [4.69, 9.17) is 4.74 Å². The van der Waals surface area contributed by atoms with E-state index in [1.807, 2.05) is 10.6 Å². The molecule has 0 aliphatic carbocycles. The van der Waals surface area contributed by atoms with Crippen molar-refractivity contribution < 1.29 is 19.1 Å². The van der Waals surface area contributed by atoms with Crippen molar-refractivity contribution in [3.8, 4) is 5.75 Å². The van der Waals surface area contributed by atoms with E-state index in [0.717, 1.165) is 0 Å². The number of carbonyl (C=O) groups is 3. The Morgan fingerprint density at radius 3 is 2.32 bits per heavy atom. The highest BCUT2D eigenvalue weighted by Crippen LogP contribution is 2.26. The van der Waals surface area contributed by atoms with Gasteiger partial charge >= 0.3 is 6.03 Å². The molecule has 1 aromatic rings. The van der Waals surface area contributed by atoms with Crippen molar-refractivity contribution in [3.05, 3.63) is 33.8 Å². The van der Waals surface area contributed by atoms with E-state index in [1.165, 1.54) is 13.2 Å². The van der Waals surface area contributed by atoms with Crippen LogP contribution in [0.3, 0.4) is 0 Å². The topological polar surface area (TPSA) is 84.5 Å². The van der Waals surface area contributed by atoms with Crippen LogP contribution in [-0.2, 0) is 9.59 Å². The van der Waals surface area contributed by atoms with Crippen LogP contribution in [-0.4, -0.2) is 25.0 Å². The minimum absolute atomic E-state index is 0.128. The molecule has 98 valence electrons. The monoisotopic (exact) mass is 324 g/mol. The van der Waals surface area contributed by atoms with Gasteiger partial charge < -0.3 is 4.74 Å². The standard InChI is InChI=1S/C12H9BrN2O4/c1-19-9-3-2-6(5-8(9)13)4-7-10(16)14-12(18)15-11(7)17/h2-5H,1H3,(H2,14,15,16,17,18). The van der Waals surface area contributed by atoms with Gasteiger partial charge in [0, 0.05) is 0 Å². The number of hydrogen-bond acceptors (Lipinski definition) is 4. The molecular formula is C12H9BrN2O4. The van der Waals surface area contributed by atoms with Crippen molar-refractivity contribution in [2.75, 3.05) is 7.11 Å². The van der Waals surface area contributed by atoms with E-state index in [0.29, 0.717) is 15.8 Å². The second-order valence-electron chi connectivity index (χ2n) is 3.69. The first-order valence-electron chi connectivity index (χ1n) is 5.23. The zero-order chi connectivity index (χ0) is 14.0. The number of methoxy groups -OCH3 is 1. The number of urea groups is 1. The van der Waals surface area contributed by atoms with E-state index in [2.05, 4.69) is 15.9 Å². The largest absolute Gasteiger partial charge is 0.496 e. The predicted molar refractivity (Wildman–Crippen MR) is 70.4 cm³/mol. The molecule has 1 fully saturated rings. The molecule has 1 aliphatic heterocycles. The van der Waals surface area contributed by atoms with Crippen LogP contribution in [0.2, 0.25) is 0 Å². The lowest BCUT2D eigenvalue weighted by Crippen LogP contribution is -2.51. The van der Waals surface area contributed by atoms with E-state index < -0.39 is 17.8 Å². The van der Waals surface area contributed by atoms with E-state index in [9.17, 15) is 14.4 Å². The van der Waals surface area contributed by atoms with Crippen LogP contribution in [0.4, 0.5) is 4.79 Å². The number of nitrogens with one attached hydrogen (secondary N) is 2. The van der Waals surface area contributed by atoms with Gasteiger partial charge in [0.05, 0.1) is 11.6 Å². The fourth-order valence-electron chi connectivity index (χ4n) is 1.55. The van der Waals surface area contributed by atoms with Crippen molar-refractivity contribution in [2.24, 2.45) is 0 Å². The second kappa shape index (κ2) is 5.23. The number of carbonyl (C=O) groups excluding carboxylic acids is 3. The number of ether oxygens (including phenoxy) is 1. The van der Waals surface area contributed by atoms with E-state index >= 15 is 0 Å². The number of halogens is 1. The van der Waals surface area contributed by atoms with Crippen LogP contribution in [0.1, 0.15) is 5.56 Å². The summed E-state index contributed by atoms with van der Waals surface area (Å²) in [6.07, 6.45) is 1.39.